The Morgan fingerprint density at radius 1 is 1.47 bits per heavy atom. The number of amidine groups is 1. The highest BCUT2D eigenvalue weighted by atomic mass is 32.2. The zero-order chi connectivity index (χ0) is 10.7. The first kappa shape index (κ1) is 10.5. The van der Waals surface area contributed by atoms with E-state index in [1.54, 1.807) is 11.8 Å². The Morgan fingerprint density at radius 3 is 3.07 bits per heavy atom. The van der Waals surface area contributed by atoms with E-state index in [9.17, 15) is 0 Å². The first-order valence-electron chi connectivity index (χ1n) is 5.13. The number of aromatic nitrogens is 1. The van der Waals surface area contributed by atoms with E-state index in [2.05, 4.69) is 28.3 Å². The van der Waals surface area contributed by atoms with Crippen LogP contribution in [0.5, 0.6) is 0 Å². The Morgan fingerprint density at radius 2 is 2.33 bits per heavy atom. The van der Waals surface area contributed by atoms with Crippen molar-refractivity contribution >= 4 is 22.6 Å². The molecule has 1 N–H and O–H groups in total. The molecule has 0 aromatic carbocycles. The number of aryl methyl sites for hydroxylation is 1. The summed E-state index contributed by atoms with van der Waals surface area (Å²) in [5, 5.41) is 4.32. The Balaban J connectivity index is 2.08. The summed E-state index contributed by atoms with van der Waals surface area (Å²) in [6.07, 6.45) is 4.85. The van der Waals surface area contributed by atoms with Crippen LogP contribution in [-0.2, 0) is 0 Å². The number of rotatable bonds is 1. The molecule has 1 unspecified atom stereocenters. The predicted octanol–water partition coefficient (Wildman–Crippen LogP) is 2.68. The molecule has 80 valence electrons. The maximum absolute atomic E-state index is 4.55. The Kier molecular flexibility index (Phi) is 3.26. The normalized spacial score (nSPS) is 20.9. The Bertz CT molecular complexity index is 376. The monoisotopic (exact) mass is 221 g/mol. The summed E-state index contributed by atoms with van der Waals surface area (Å²) < 4.78 is 0. The van der Waals surface area contributed by atoms with Crippen LogP contribution in [0.2, 0.25) is 0 Å². The molecule has 0 aliphatic carbocycles. The van der Waals surface area contributed by atoms with Gasteiger partial charge >= 0.3 is 0 Å². The third-order valence-corrected chi connectivity index (χ3v) is 3.16. The van der Waals surface area contributed by atoms with E-state index in [0.717, 1.165) is 22.2 Å². The number of pyridine rings is 1. The molecule has 0 radical (unpaired) electrons. The molecule has 0 bridgehead atoms. The molecule has 3 nitrogen and oxygen atoms in total. The zero-order valence-corrected chi connectivity index (χ0v) is 9.84. The van der Waals surface area contributed by atoms with Crippen molar-refractivity contribution in [1.82, 2.24) is 4.98 Å². The molecule has 0 fully saturated rings. The largest absolute Gasteiger partial charge is 0.334 e. The maximum atomic E-state index is 4.55. The summed E-state index contributed by atoms with van der Waals surface area (Å²) in [5.74, 6) is 1.15. The number of anilines is 1. The molecule has 2 rings (SSSR count). The van der Waals surface area contributed by atoms with Crippen molar-refractivity contribution in [1.29, 1.82) is 0 Å². The first-order chi connectivity index (χ1) is 7.24. The van der Waals surface area contributed by atoms with E-state index in [-0.39, 0.29) is 0 Å². The number of nitrogens with one attached hydrogen (secondary N) is 1. The number of nitrogens with zero attached hydrogens (tertiary/aromatic N) is 2. The van der Waals surface area contributed by atoms with Gasteiger partial charge in [0, 0.05) is 11.9 Å². The van der Waals surface area contributed by atoms with E-state index < -0.39 is 0 Å². The molecule has 4 heteroatoms. The number of hydrogen-bond acceptors (Lipinski definition) is 4. The van der Waals surface area contributed by atoms with Gasteiger partial charge in [-0.2, -0.15) is 0 Å². The van der Waals surface area contributed by atoms with Gasteiger partial charge in [-0.1, -0.05) is 11.8 Å². The summed E-state index contributed by atoms with van der Waals surface area (Å²) in [6, 6.07) is 2.52. The summed E-state index contributed by atoms with van der Waals surface area (Å²) in [4.78, 5) is 8.69. The van der Waals surface area contributed by atoms with Crippen LogP contribution in [0.3, 0.4) is 0 Å². The van der Waals surface area contributed by atoms with Crippen molar-refractivity contribution in [3.63, 3.8) is 0 Å². The highest BCUT2D eigenvalue weighted by Gasteiger charge is 2.11. The molecule has 0 spiro atoms. The molecule has 1 aliphatic heterocycles. The Hall–Kier alpha value is -1.03. The van der Waals surface area contributed by atoms with Crippen molar-refractivity contribution < 1.29 is 0 Å². The lowest BCUT2D eigenvalue weighted by molar-refractivity contribution is 0.720. The van der Waals surface area contributed by atoms with Gasteiger partial charge in [0.1, 0.15) is 0 Å². The molecule has 0 saturated carbocycles. The SMILES string of the molecule is Cc1cncc(NC2=NC(C)CCS2)c1. The second-order valence-corrected chi connectivity index (χ2v) is 4.88. The van der Waals surface area contributed by atoms with Crippen LogP contribution < -0.4 is 5.32 Å². The number of hydrogen-bond donors (Lipinski definition) is 1. The second kappa shape index (κ2) is 4.66. The summed E-state index contributed by atoms with van der Waals surface area (Å²) >= 11 is 1.78. The van der Waals surface area contributed by atoms with Gasteiger partial charge in [-0.3, -0.25) is 9.98 Å². The minimum atomic E-state index is 0.437. The van der Waals surface area contributed by atoms with Gasteiger partial charge in [0.05, 0.1) is 17.9 Å². The fourth-order valence-electron chi connectivity index (χ4n) is 1.44. The van der Waals surface area contributed by atoms with Crippen molar-refractivity contribution in [2.75, 3.05) is 11.1 Å². The predicted molar refractivity (Wildman–Crippen MR) is 66.6 cm³/mol. The fourth-order valence-corrected chi connectivity index (χ4v) is 2.54. The molecule has 0 saturated heterocycles. The molecular formula is C11H15N3S. The quantitative estimate of drug-likeness (QED) is 0.792. The molecule has 15 heavy (non-hydrogen) atoms. The van der Waals surface area contributed by atoms with Crippen LogP contribution in [0.25, 0.3) is 0 Å². The lowest BCUT2D eigenvalue weighted by Gasteiger charge is -2.17. The van der Waals surface area contributed by atoms with E-state index in [4.69, 9.17) is 0 Å². The van der Waals surface area contributed by atoms with Gasteiger partial charge in [0.15, 0.2) is 5.17 Å². The van der Waals surface area contributed by atoms with Crippen molar-refractivity contribution in [3.05, 3.63) is 24.0 Å². The molecule has 1 atom stereocenters. The summed E-state index contributed by atoms with van der Waals surface area (Å²) in [7, 11) is 0. The van der Waals surface area contributed by atoms with E-state index >= 15 is 0 Å². The van der Waals surface area contributed by atoms with E-state index in [0.29, 0.717) is 6.04 Å². The van der Waals surface area contributed by atoms with Crippen LogP contribution in [0.15, 0.2) is 23.5 Å². The van der Waals surface area contributed by atoms with E-state index in [1.807, 2.05) is 19.3 Å². The second-order valence-electron chi connectivity index (χ2n) is 3.80. The molecular weight excluding hydrogens is 206 g/mol. The van der Waals surface area contributed by atoms with Crippen LogP contribution in [0, 0.1) is 6.92 Å². The first-order valence-corrected chi connectivity index (χ1v) is 6.12. The van der Waals surface area contributed by atoms with Gasteiger partial charge < -0.3 is 5.32 Å². The zero-order valence-electron chi connectivity index (χ0n) is 9.03. The lowest BCUT2D eigenvalue weighted by Crippen LogP contribution is -2.18. The molecule has 2 heterocycles. The molecule has 0 amide bonds. The molecule has 1 aromatic heterocycles. The molecule has 1 aliphatic rings. The van der Waals surface area contributed by atoms with E-state index in [1.165, 1.54) is 6.42 Å². The minimum absolute atomic E-state index is 0.437. The van der Waals surface area contributed by atoms with Gasteiger partial charge in [0.2, 0.25) is 0 Å². The average Bonchev–Trinajstić information content (AvgIpc) is 2.17. The fraction of sp³-hybridized carbons (Fsp3) is 0.455. The number of thioether (sulfide) groups is 1. The highest BCUT2D eigenvalue weighted by molar-refractivity contribution is 8.14. The van der Waals surface area contributed by atoms with Crippen molar-refractivity contribution in [2.24, 2.45) is 4.99 Å². The summed E-state index contributed by atoms with van der Waals surface area (Å²) in [5.41, 5.74) is 2.19. The van der Waals surface area contributed by atoms with Gasteiger partial charge in [-0.25, -0.2) is 0 Å². The maximum Gasteiger partial charge on any atom is 0.161 e. The topological polar surface area (TPSA) is 37.3 Å². The molecule has 1 aromatic rings. The van der Waals surface area contributed by atoms with Crippen molar-refractivity contribution in [3.8, 4) is 0 Å². The average molecular weight is 221 g/mol. The third-order valence-electron chi connectivity index (χ3n) is 2.24. The lowest BCUT2D eigenvalue weighted by atomic mass is 10.3. The standard InChI is InChI=1S/C11H15N3S/c1-8-5-10(7-12-6-8)14-11-13-9(2)3-4-15-11/h5-7,9H,3-4H2,1-2H3,(H,13,14). The van der Waals surface area contributed by atoms with Gasteiger partial charge in [-0.15, -0.1) is 0 Å². The van der Waals surface area contributed by atoms with Crippen LogP contribution in [-0.4, -0.2) is 21.9 Å². The van der Waals surface area contributed by atoms with Gasteiger partial charge in [0.25, 0.3) is 0 Å². The minimum Gasteiger partial charge on any atom is -0.334 e. The number of aliphatic imine (C=N–C) groups is 1. The smallest absolute Gasteiger partial charge is 0.161 e. The summed E-state index contributed by atoms with van der Waals surface area (Å²) in [6.45, 7) is 4.19. The van der Waals surface area contributed by atoms with Crippen LogP contribution in [0.1, 0.15) is 18.9 Å². The van der Waals surface area contributed by atoms with Crippen LogP contribution >= 0.6 is 11.8 Å². The van der Waals surface area contributed by atoms with Gasteiger partial charge in [-0.05, 0) is 31.9 Å². The van der Waals surface area contributed by atoms with Crippen molar-refractivity contribution in [2.45, 2.75) is 26.3 Å². The van der Waals surface area contributed by atoms with Crippen LogP contribution in [0.4, 0.5) is 5.69 Å². The highest BCUT2D eigenvalue weighted by Crippen LogP contribution is 2.19. The third kappa shape index (κ3) is 2.96. The Labute approximate surface area is 94.4 Å².